The average Bonchev–Trinajstić information content (AvgIpc) is 3.19. The van der Waals surface area contributed by atoms with Gasteiger partial charge in [0.2, 0.25) is 6.34 Å². The van der Waals surface area contributed by atoms with Gasteiger partial charge in [-0.3, -0.25) is 4.98 Å². The third kappa shape index (κ3) is 4.38. The van der Waals surface area contributed by atoms with Crippen molar-refractivity contribution in [1.82, 2.24) is 15.2 Å². The number of hydrogen-bond acceptors (Lipinski definition) is 5. The van der Waals surface area contributed by atoms with Crippen LogP contribution in [-0.2, 0) is 0 Å². The largest absolute Gasteiger partial charge is 0.427 e. The van der Waals surface area contributed by atoms with Crippen molar-refractivity contribution in [3.05, 3.63) is 66.6 Å². The van der Waals surface area contributed by atoms with E-state index in [2.05, 4.69) is 15.3 Å². The van der Waals surface area contributed by atoms with Crippen LogP contribution in [0.2, 0.25) is 0 Å². The zero-order valence-electron chi connectivity index (χ0n) is 16.8. The number of para-hydroxylation sites is 1. The molecule has 1 unspecified atom stereocenters. The predicted molar refractivity (Wildman–Crippen MR) is 112 cm³/mol. The molecule has 0 spiro atoms. The lowest BCUT2D eigenvalue weighted by Crippen LogP contribution is -2.54. The lowest BCUT2D eigenvalue weighted by molar-refractivity contribution is -0.665. The van der Waals surface area contributed by atoms with Crippen LogP contribution in [0.15, 0.2) is 66.1 Å². The van der Waals surface area contributed by atoms with E-state index in [9.17, 15) is 9.59 Å². The summed E-state index contributed by atoms with van der Waals surface area (Å²) in [4.78, 5) is 35.3. The summed E-state index contributed by atoms with van der Waals surface area (Å²) in [5.41, 5.74) is 1.66. The second-order valence-electron chi connectivity index (χ2n) is 7.53. The molecule has 2 aliphatic rings. The molecule has 2 aliphatic heterocycles. The van der Waals surface area contributed by atoms with Crippen molar-refractivity contribution in [2.45, 2.75) is 18.9 Å². The van der Waals surface area contributed by atoms with Crippen LogP contribution in [0, 0.1) is 0 Å². The monoisotopic (exact) mass is 406 g/mol. The molecule has 2 aromatic rings. The lowest BCUT2D eigenvalue weighted by Gasteiger charge is -2.32. The third-order valence-electron chi connectivity index (χ3n) is 5.27. The number of aliphatic imine (C=N–C) groups is 1. The Bertz CT molecular complexity index is 969. The van der Waals surface area contributed by atoms with Gasteiger partial charge in [0.15, 0.2) is 0 Å². The summed E-state index contributed by atoms with van der Waals surface area (Å²) >= 11 is 0. The zero-order chi connectivity index (χ0) is 21.0. The van der Waals surface area contributed by atoms with E-state index in [-0.39, 0.29) is 22.6 Å². The van der Waals surface area contributed by atoms with Crippen molar-refractivity contribution in [2.75, 3.05) is 20.1 Å². The number of amides is 3. The molecule has 3 heterocycles. The van der Waals surface area contributed by atoms with Gasteiger partial charge in [-0.05, 0) is 37.1 Å². The van der Waals surface area contributed by atoms with Gasteiger partial charge < -0.3 is 15.0 Å². The zero-order valence-corrected chi connectivity index (χ0v) is 16.8. The Morgan fingerprint density at radius 3 is 2.50 bits per heavy atom. The van der Waals surface area contributed by atoms with Crippen LogP contribution in [0.4, 0.5) is 9.59 Å². The number of quaternary nitrogens is 1. The number of piperidine rings is 1. The molecule has 1 N–H and O–H groups in total. The van der Waals surface area contributed by atoms with Gasteiger partial charge in [-0.1, -0.05) is 18.2 Å². The van der Waals surface area contributed by atoms with Gasteiger partial charge in [0.25, 0.3) is 0 Å². The first-order valence-electron chi connectivity index (χ1n) is 9.91. The average molecular weight is 406 g/mol. The van der Waals surface area contributed by atoms with E-state index in [1.807, 2.05) is 36.5 Å². The van der Waals surface area contributed by atoms with Crippen molar-refractivity contribution in [1.29, 1.82) is 0 Å². The minimum atomic E-state index is -0.360. The molecule has 1 atom stereocenters. The number of pyridine rings is 1. The van der Waals surface area contributed by atoms with Gasteiger partial charge in [-0.15, -0.1) is 0 Å². The van der Waals surface area contributed by atoms with Crippen LogP contribution in [0.3, 0.4) is 0 Å². The molecule has 1 saturated heterocycles. The molecule has 1 aromatic heterocycles. The van der Waals surface area contributed by atoms with Gasteiger partial charge in [0.1, 0.15) is 17.6 Å². The van der Waals surface area contributed by atoms with Gasteiger partial charge in [-0.25, -0.2) is 9.59 Å². The first kappa shape index (κ1) is 19.8. The molecule has 8 heteroatoms. The standard InChI is InChI=1S/C22H23N5O3/c1-27(15-20(24-16-27)17-7-11-23-12-8-17)21(28)25-18-9-13-26(14-10-18)22(29)30-19-5-3-2-4-6-19/h2-8,11-12,15-16,18H,9-10,13-14H2,1H3/p+1. The number of nitrogens with zero attached hydrogens (tertiary/aromatic N) is 4. The smallest absolute Gasteiger partial charge is 0.410 e. The molecule has 1 fully saturated rings. The molecule has 1 aromatic carbocycles. The lowest BCUT2D eigenvalue weighted by atomic mass is 10.1. The number of benzene rings is 1. The summed E-state index contributed by atoms with van der Waals surface area (Å²) < 4.78 is 5.34. The van der Waals surface area contributed by atoms with Crippen molar-refractivity contribution in [2.24, 2.45) is 4.99 Å². The highest BCUT2D eigenvalue weighted by Crippen LogP contribution is 2.24. The summed E-state index contributed by atoms with van der Waals surface area (Å²) in [6.07, 6.45) is 7.83. The Balaban J connectivity index is 1.30. The number of nitrogens with one attached hydrogen (secondary N) is 1. The normalized spacial score (nSPS) is 21.2. The summed E-state index contributed by atoms with van der Waals surface area (Å²) in [5, 5.41) is 3.09. The predicted octanol–water partition coefficient (Wildman–Crippen LogP) is 3.24. The highest BCUT2D eigenvalue weighted by atomic mass is 16.6. The second kappa shape index (κ2) is 8.46. The van der Waals surface area contributed by atoms with E-state index in [0.29, 0.717) is 31.7 Å². The molecule has 0 aliphatic carbocycles. The Labute approximate surface area is 175 Å². The number of likely N-dealkylation sites (tertiary alicyclic amines) is 1. The van der Waals surface area contributed by atoms with Crippen LogP contribution in [-0.4, -0.2) is 59.0 Å². The van der Waals surface area contributed by atoms with E-state index in [4.69, 9.17) is 4.74 Å². The van der Waals surface area contributed by atoms with Crippen molar-refractivity contribution >= 4 is 24.2 Å². The molecule has 0 bridgehead atoms. The van der Waals surface area contributed by atoms with E-state index in [1.165, 1.54) is 0 Å². The van der Waals surface area contributed by atoms with Gasteiger partial charge in [0.05, 0.1) is 7.05 Å². The minimum absolute atomic E-state index is 0.000000525. The van der Waals surface area contributed by atoms with Crippen LogP contribution in [0.5, 0.6) is 5.75 Å². The van der Waals surface area contributed by atoms with Crippen molar-refractivity contribution < 1.29 is 18.8 Å². The first-order chi connectivity index (χ1) is 14.5. The fourth-order valence-electron chi connectivity index (χ4n) is 3.46. The maximum Gasteiger partial charge on any atom is 0.427 e. The Kier molecular flexibility index (Phi) is 5.58. The van der Waals surface area contributed by atoms with Crippen LogP contribution in [0.1, 0.15) is 18.4 Å². The number of hydrogen-bond donors (Lipinski definition) is 1. The third-order valence-corrected chi connectivity index (χ3v) is 5.27. The van der Waals surface area contributed by atoms with Crippen molar-refractivity contribution in [3.8, 4) is 5.75 Å². The Hall–Kier alpha value is -3.52. The molecule has 8 nitrogen and oxygen atoms in total. The molecule has 154 valence electrons. The fraction of sp³-hybridized carbons (Fsp3) is 0.273. The summed E-state index contributed by atoms with van der Waals surface area (Å²) in [6, 6.07) is 12.6. The van der Waals surface area contributed by atoms with Crippen molar-refractivity contribution in [3.63, 3.8) is 0 Å². The number of urea groups is 1. The molecular weight excluding hydrogens is 382 g/mol. The molecule has 0 radical (unpaired) electrons. The topological polar surface area (TPSA) is 83.9 Å². The first-order valence-corrected chi connectivity index (χ1v) is 9.91. The Morgan fingerprint density at radius 2 is 1.80 bits per heavy atom. The van der Waals surface area contributed by atoms with Crippen LogP contribution >= 0.6 is 0 Å². The van der Waals surface area contributed by atoms with Gasteiger partial charge in [-0.2, -0.15) is 9.48 Å². The SMILES string of the molecule is C[N+]1(C(=O)NC2CCN(C(=O)Oc3ccccc3)CC2)C=NC(c2ccncc2)=C1. The number of carbonyl (C=O) groups is 2. The fourth-order valence-corrected chi connectivity index (χ4v) is 3.46. The maximum absolute atomic E-state index is 12.9. The highest BCUT2D eigenvalue weighted by molar-refractivity contribution is 5.84. The highest BCUT2D eigenvalue weighted by Gasteiger charge is 2.36. The maximum atomic E-state index is 12.9. The number of rotatable bonds is 3. The molecule has 30 heavy (non-hydrogen) atoms. The Morgan fingerprint density at radius 1 is 1.10 bits per heavy atom. The summed E-state index contributed by atoms with van der Waals surface area (Å²) in [5.74, 6) is 0.528. The van der Waals surface area contributed by atoms with Gasteiger partial charge >= 0.3 is 12.1 Å². The number of carbonyl (C=O) groups excluding carboxylic acids is 2. The van der Waals surface area contributed by atoms with E-state index < -0.39 is 0 Å². The number of ether oxygens (including phenoxy) is 1. The van der Waals surface area contributed by atoms with E-state index in [1.54, 1.807) is 42.8 Å². The second-order valence-corrected chi connectivity index (χ2v) is 7.53. The molecule has 3 amide bonds. The van der Waals surface area contributed by atoms with Gasteiger partial charge in [0, 0.05) is 37.1 Å². The van der Waals surface area contributed by atoms with Crippen LogP contribution < -0.4 is 10.1 Å². The van der Waals surface area contributed by atoms with E-state index in [0.717, 1.165) is 11.3 Å². The summed E-state index contributed by atoms with van der Waals surface area (Å²) in [6.45, 7) is 1.07. The number of aromatic nitrogens is 1. The molecule has 4 rings (SSSR count). The quantitative estimate of drug-likeness (QED) is 0.793. The molecule has 0 saturated carbocycles. The minimum Gasteiger partial charge on any atom is -0.410 e. The van der Waals surface area contributed by atoms with Crippen LogP contribution in [0.25, 0.3) is 5.70 Å². The molecular formula is C22H24N5O3+. The summed E-state index contributed by atoms with van der Waals surface area (Å²) in [7, 11) is 1.79. The van der Waals surface area contributed by atoms with E-state index >= 15 is 0 Å².